The summed E-state index contributed by atoms with van der Waals surface area (Å²) in [6, 6.07) is 13.5. The Balaban J connectivity index is 1.82. The number of hydrogen-bond donors (Lipinski definition) is 0. The van der Waals surface area contributed by atoms with Gasteiger partial charge in [-0.05, 0) is 68.3 Å². The summed E-state index contributed by atoms with van der Waals surface area (Å²) < 4.78 is 14.4. The molecule has 0 atom stereocenters. The predicted molar refractivity (Wildman–Crippen MR) is 113 cm³/mol. The maximum atomic E-state index is 14.4. The van der Waals surface area contributed by atoms with E-state index in [1.165, 1.54) is 23.2 Å². The van der Waals surface area contributed by atoms with Crippen LogP contribution in [0.25, 0.3) is 0 Å². The van der Waals surface area contributed by atoms with E-state index in [1.807, 2.05) is 35.2 Å². The highest BCUT2D eigenvalue weighted by Crippen LogP contribution is 2.38. The van der Waals surface area contributed by atoms with Gasteiger partial charge in [0.25, 0.3) is 0 Å². The molecule has 2 aromatic carbocycles. The highest BCUT2D eigenvalue weighted by molar-refractivity contribution is 6.30. The summed E-state index contributed by atoms with van der Waals surface area (Å²) >= 11 is 5.98. The summed E-state index contributed by atoms with van der Waals surface area (Å²) in [7, 11) is 0. The second-order valence-electron chi connectivity index (χ2n) is 7.55. The fraction of sp³-hybridized carbons (Fsp3) is 0.304. The molecular formula is C23H23ClFN3O. The maximum absolute atomic E-state index is 14.4. The number of amides is 1. The molecule has 6 heteroatoms. The highest BCUT2D eigenvalue weighted by atomic mass is 35.5. The Labute approximate surface area is 175 Å². The summed E-state index contributed by atoms with van der Waals surface area (Å²) in [6.45, 7) is 6.25. The lowest BCUT2D eigenvalue weighted by atomic mass is 9.76. The minimum atomic E-state index is -0.559. The van der Waals surface area contributed by atoms with Gasteiger partial charge in [0.1, 0.15) is 12.4 Å². The van der Waals surface area contributed by atoms with Gasteiger partial charge in [-0.15, -0.1) is 0 Å². The minimum absolute atomic E-state index is 0.0322. The van der Waals surface area contributed by atoms with E-state index in [2.05, 4.69) is 13.5 Å². The van der Waals surface area contributed by atoms with Crippen molar-refractivity contribution in [1.82, 2.24) is 4.90 Å². The lowest BCUT2D eigenvalue weighted by Crippen LogP contribution is -2.55. The number of nitrogens with zero attached hydrogens (tertiary/aromatic N) is 3. The second kappa shape index (κ2) is 8.67. The van der Waals surface area contributed by atoms with Crippen LogP contribution in [0.4, 0.5) is 10.1 Å². The molecule has 0 unspecified atom stereocenters. The zero-order valence-corrected chi connectivity index (χ0v) is 17.1. The van der Waals surface area contributed by atoms with Gasteiger partial charge in [0.2, 0.25) is 5.91 Å². The van der Waals surface area contributed by atoms with E-state index in [0.717, 1.165) is 30.9 Å². The monoisotopic (exact) mass is 411 g/mol. The number of halogens is 2. The van der Waals surface area contributed by atoms with Crippen LogP contribution in [0.15, 0.2) is 55.2 Å². The van der Waals surface area contributed by atoms with Crippen LogP contribution in [-0.4, -0.2) is 22.9 Å². The molecule has 1 saturated carbocycles. The van der Waals surface area contributed by atoms with Gasteiger partial charge in [-0.25, -0.2) is 4.39 Å². The van der Waals surface area contributed by atoms with Gasteiger partial charge in [-0.2, -0.15) is 5.26 Å². The zero-order chi connectivity index (χ0) is 21.0. The molecule has 0 saturated heterocycles. The minimum Gasteiger partial charge on any atom is -0.337 e. The molecule has 29 heavy (non-hydrogen) atoms. The Morgan fingerprint density at radius 2 is 2.00 bits per heavy atom. The SMILES string of the molecule is C=CN(CC(=O)N(Cc1ccc(Cl)cc1)C1(C)CCC1)c1ccc(C#N)cc1F. The number of rotatable bonds is 7. The van der Waals surface area contributed by atoms with Crippen LogP contribution in [0.5, 0.6) is 0 Å². The maximum Gasteiger partial charge on any atom is 0.243 e. The largest absolute Gasteiger partial charge is 0.337 e. The average Bonchev–Trinajstić information content (AvgIpc) is 2.69. The molecule has 2 aromatic rings. The topological polar surface area (TPSA) is 47.3 Å². The molecule has 0 radical (unpaired) electrons. The van der Waals surface area contributed by atoms with Crippen LogP contribution < -0.4 is 4.90 Å². The van der Waals surface area contributed by atoms with E-state index in [4.69, 9.17) is 16.9 Å². The third-order valence-electron chi connectivity index (χ3n) is 5.55. The summed E-state index contributed by atoms with van der Waals surface area (Å²) in [5.41, 5.74) is 1.23. The van der Waals surface area contributed by atoms with Crippen LogP contribution in [0.3, 0.4) is 0 Å². The first kappa shape index (κ1) is 20.9. The number of carbonyl (C=O) groups excluding carboxylic acids is 1. The summed E-state index contributed by atoms with van der Waals surface area (Å²) in [6.07, 6.45) is 4.39. The zero-order valence-electron chi connectivity index (χ0n) is 16.4. The van der Waals surface area contributed by atoms with Gasteiger partial charge in [-0.1, -0.05) is 30.3 Å². The molecule has 0 spiro atoms. The Kier molecular flexibility index (Phi) is 6.24. The van der Waals surface area contributed by atoms with Crippen molar-refractivity contribution in [1.29, 1.82) is 5.26 Å². The molecule has 3 rings (SSSR count). The van der Waals surface area contributed by atoms with Crippen LogP contribution in [0, 0.1) is 17.1 Å². The molecule has 0 heterocycles. The Bertz CT molecular complexity index is 948. The van der Waals surface area contributed by atoms with Crippen LogP contribution >= 0.6 is 11.6 Å². The summed E-state index contributed by atoms with van der Waals surface area (Å²) in [5.74, 6) is -0.665. The second-order valence-corrected chi connectivity index (χ2v) is 7.98. The van der Waals surface area contributed by atoms with E-state index in [0.29, 0.717) is 11.6 Å². The van der Waals surface area contributed by atoms with Crippen LogP contribution in [0.1, 0.15) is 37.3 Å². The van der Waals surface area contributed by atoms with Gasteiger partial charge < -0.3 is 9.80 Å². The van der Waals surface area contributed by atoms with Crippen molar-refractivity contribution in [2.75, 3.05) is 11.4 Å². The van der Waals surface area contributed by atoms with Crippen LogP contribution in [-0.2, 0) is 11.3 Å². The molecule has 1 fully saturated rings. The normalized spacial score (nSPS) is 14.4. The first-order valence-electron chi connectivity index (χ1n) is 9.50. The predicted octanol–water partition coefficient (Wildman–Crippen LogP) is 5.27. The van der Waals surface area contributed by atoms with Crippen molar-refractivity contribution in [3.63, 3.8) is 0 Å². The van der Waals surface area contributed by atoms with Crippen molar-refractivity contribution >= 4 is 23.2 Å². The molecule has 1 amide bonds. The van der Waals surface area contributed by atoms with Crippen molar-refractivity contribution in [2.45, 2.75) is 38.3 Å². The van der Waals surface area contributed by atoms with Gasteiger partial charge in [0.05, 0.1) is 17.3 Å². The lowest BCUT2D eigenvalue weighted by Gasteiger charge is -2.48. The number of hydrogen-bond acceptors (Lipinski definition) is 3. The molecule has 0 N–H and O–H groups in total. The quantitative estimate of drug-likeness (QED) is 0.623. The van der Waals surface area contributed by atoms with Gasteiger partial charge in [0.15, 0.2) is 0 Å². The first-order chi connectivity index (χ1) is 13.9. The highest BCUT2D eigenvalue weighted by Gasteiger charge is 2.40. The lowest BCUT2D eigenvalue weighted by molar-refractivity contribution is -0.140. The van der Waals surface area contributed by atoms with E-state index in [1.54, 1.807) is 0 Å². The Morgan fingerprint density at radius 3 is 2.52 bits per heavy atom. The number of benzene rings is 2. The first-order valence-corrected chi connectivity index (χ1v) is 9.88. The third-order valence-corrected chi connectivity index (χ3v) is 5.80. The Morgan fingerprint density at radius 1 is 1.31 bits per heavy atom. The van der Waals surface area contributed by atoms with E-state index in [-0.39, 0.29) is 29.2 Å². The van der Waals surface area contributed by atoms with Crippen molar-refractivity contribution in [3.05, 3.63) is 77.2 Å². The molecule has 150 valence electrons. The van der Waals surface area contributed by atoms with E-state index < -0.39 is 5.82 Å². The van der Waals surface area contributed by atoms with Gasteiger partial charge >= 0.3 is 0 Å². The number of carbonyl (C=O) groups is 1. The summed E-state index contributed by atoms with van der Waals surface area (Å²) in [4.78, 5) is 16.6. The number of nitriles is 1. The van der Waals surface area contributed by atoms with Crippen molar-refractivity contribution < 1.29 is 9.18 Å². The molecular weight excluding hydrogens is 389 g/mol. The van der Waals surface area contributed by atoms with Gasteiger partial charge in [0, 0.05) is 17.1 Å². The molecule has 0 aromatic heterocycles. The molecule has 1 aliphatic carbocycles. The smallest absolute Gasteiger partial charge is 0.243 e. The summed E-state index contributed by atoms with van der Waals surface area (Å²) in [5, 5.41) is 9.58. The average molecular weight is 412 g/mol. The number of anilines is 1. The molecule has 1 aliphatic rings. The fourth-order valence-electron chi connectivity index (χ4n) is 3.60. The third kappa shape index (κ3) is 4.60. The standard InChI is InChI=1S/C23H23ClFN3O/c1-3-27(21-10-7-18(14-26)13-20(21)25)16-22(29)28(23(2)11-4-12-23)15-17-5-8-19(24)9-6-17/h3,5-10,13H,1,4,11-12,15-16H2,2H3. The van der Waals surface area contributed by atoms with Crippen LogP contribution in [0.2, 0.25) is 5.02 Å². The molecule has 4 nitrogen and oxygen atoms in total. The van der Waals surface area contributed by atoms with E-state index in [9.17, 15) is 9.18 Å². The van der Waals surface area contributed by atoms with Gasteiger partial charge in [-0.3, -0.25) is 4.79 Å². The van der Waals surface area contributed by atoms with E-state index >= 15 is 0 Å². The fourth-order valence-corrected chi connectivity index (χ4v) is 3.73. The van der Waals surface area contributed by atoms with Crippen molar-refractivity contribution in [3.8, 4) is 6.07 Å². The molecule has 0 aliphatic heterocycles. The Hall–Kier alpha value is -2.84. The van der Waals surface area contributed by atoms with Crippen molar-refractivity contribution in [2.24, 2.45) is 0 Å². The molecule has 0 bridgehead atoms.